The average Bonchev–Trinajstić information content (AvgIpc) is 2.45. The number of rotatable bonds is 2. The molecule has 5 heteroatoms. The summed E-state index contributed by atoms with van der Waals surface area (Å²) in [4.78, 5) is 11.2. The van der Waals surface area contributed by atoms with Gasteiger partial charge in [0.25, 0.3) is 0 Å². The van der Waals surface area contributed by atoms with Crippen molar-refractivity contribution >= 4 is 11.5 Å². The Morgan fingerprint density at radius 2 is 1.78 bits per heavy atom. The largest absolute Gasteiger partial charge is 0.483 e. The SMILES string of the molecule is CC1(C)C=C(c2c(F)cccc2F)c2cc(C(=O)O)ccc2O1. The number of aromatic carboxylic acids is 1. The zero-order valence-corrected chi connectivity index (χ0v) is 12.6. The maximum absolute atomic E-state index is 14.2. The predicted octanol–water partition coefficient (Wildman–Crippen LogP) is 4.27. The summed E-state index contributed by atoms with van der Waals surface area (Å²) in [7, 11) is 0. The maximum Gasteiger partial charge on any atom is 0.335 e. The summed E-state index contributed by atoms with van der Waals surface area (Å²) in [5.74, 6) is -2.15. The predicted molar refractivity (Wildman–Crippen MR) is 81.5 cm³/mol. The van der Waals surface area contributed by atoms with E-state index in [-0.39, 0.29) is 16.7 Å². The van der Waals surface area contributed by atoms with Crippen LogP contribution in [-0.4, -0.2) is 16.7 Å². The van der Waals surface area contributed by atoms with Crippen molar-refractivity contribution in [1.29, 1.82) is 0 Å². The maximum atomic E-state index is 14.2. The van der Waals surface area contributed by atoms with E-state index in [4.69, 9.17) is 9.84 Å². The fourth-order valence-electron chi connectivity index (χ4n) is 2.66. The van der Waals surface area contributed by atoms with Crippen molar-refractivity contribution in [2.45, 2.75) is 19.4 Å². The van der Waals surface area contributed by atoms with Crippen LogP contribution in [0.3, 0.4) is 0 Å². The summed E-state index contributed by atoms with van der Waals surface area (Å²) < 4.78 is 34.2. The Bertz CT molecular complexity index is 818. The smallest absolute Gasteiger partial charge is 0.335 e. The molecular formula is C18H14F2O3. The van der Waals surface area contributed by atoms with Crippen LogP contribution in [0.15, 0.2) is 42.5 Å². The molecule has 1 heterocycles. The third kappa shape index (κ3) is 2.70. The Hall–Kier alpha value is -2.69. The molecule has 0 atom stereocenters. The Balaban J connectivity index is 2.29. The van der Waals surface area contributed by atoms with Gasteiger partial charge in [0.1, 0.15) is 23.0 Å². The van der Waals surface area contributed by atoms with E-state index in [1.807, 2.05) is 0 Å². The van der Waals surface area contributed by atoms with Gasteiger partial charge in [-0.15, -0.1) is 0 Å². The van der Waals surface area contributed by atoms with Crippen LogP contribution in [0.25, 0.3) is 5.57 Å². The summed E-state index contributed by atoms with van der Waals surface area (Å²) in [5.41, 5.74) is -0.299. The standard InChI is InChI=1S/C18H14F2O3/c1-18(2)9-12(16-13(19)4-3-5-14(16)20)11-8-10(17(21)22)6-7-15(11)23-18/h3-9H,1-2H3,(H,21,22). The van der Waals surface area contributed by atoms with Gasteiger partial charge in [-0.05, 0) is 55.8 Å². The number of carbonyl (C=O) groups is 1. The Labute approximate surface area is 131 Å². The van der Waals surface area contributed by atoms with Gasteiger partial charge in [-0.25, -0.2) is 13.6 Å². The van der Waals surface area contributed by atoms with Crippen molar-refractivity contribution in [1.82, 2.24) is 0 Å². The topological polar surface area (TPSA) is 46.5 Å². The van der Waals surface area contributed by atoms with Gasteiger partial charge in [-0.3, -0.25) is 0 Å². The van der Waals surface area contributed by atoms with Crippen LogP contribution in [-0.2, 0) is 0 Å². The number of halogens is 2. The minimum atomic E-state index is -1.12. The van der Waals surface area contributed by atoms with Crippen LogP contribution in [0.2, 0.25) is 0 Å². The Kier molecular flexibility index (Phi) is 3.43. The fourth-order valence-corrected chi connectivity index (χ4v) is 2.66. The van der Waals surface area contributed by atoms with Gasteiger partial charge >= 0.3 is 5.97 Å². The monoisotopic (exact) mass is 316 g/mol. The van der Waals surface area contributed by atoms with Gasteiger partial charge in [-0.1, -0.05) is 6.07 Å². The van der Waals surface area contributed by atoms with E-state index >= 15 is 0 Å². The molecule has 0 saturated heterocycles. The Morgan fingerprint density at radius 3 is 2.39 bits per heavy atom. The average molecular weight is 316 g/mol. The highest BCUT2D eigenvalue weighted by atomic mass is 19.1. The number of carboxylic acids is 1. The van der Waals surface area contributed by atoms with E-state index in [9.17, 15) is 13.6 Å². The molecular weight excluding hydrogens is 302 g/mol. The quantitative estimate of drug-likeness (QED) is 0.900. The third-order valence-electron chi connectivity index (χ3n) is 3.61. The molecule has 0 saturated carbocycles. The van der Waals surface area contributed by atoms with E-state index < -0.39 is 23.2 Å². The number of fused-ring (bicyclic) bond motifs is 1. The minimum absolute atomic E-state index is 0.0229. The van der Waals surface area contributed by atoms with Gasteiger partial charge < -0.3 is 9.84 Å². The molecule has 0 unspecified atom stereocenters. The highest BCUT2D eigenvalue weighted by Crippen LogP contribution is 2.41. The third-order valence-corrected chi connectivity index (χ3v) is 3.61. The molecule has 0 spiro atoms. The minimum Gasteiger partial charge on any atom is -0.483 e. The van der Waals surface area contributed by atoms with E-state index in [1.54, 1.807) is 19.9 Å². The zero-order chi connectivity index (χ0) is 16.8. The van der Waals surface area contributed by atoms with Crippen molar-refractivity contribution in [3.63, 3.8) is 0 Å². The molecule has 1 aliphatic rings. The van der Waals surface area contributed by atoms with Crippen LogP contribution in [0.1, 0.15) is 35.3 Å². The normalized spacial score (nSPS) is 15.4. The van der Waals surface area contributed by atoms with Crippen molar-refractivity contribution in [2.24, 2.45) is 0 Å². The molecule has 0 fully saturated rings. The van der Waals surface area contributed by atoms with Gasteiger partial charge in [0.2, 0.25) is 0 Å². The molecule has 2 aromatic rings. The lowest BCUT2D eigenvalue weighted by atomic mass is 9.88. The van der Waals surface area contributed by atoms with Crippen molar-refractivity contribution in [2.75, 3.05) is 0 Å². The van der Waals surface area contributed by atoms with Crippen LogP contribution < -0.4 is 4.74 Å². The molecule has 23 heavy (non-hydrogen) atoms. The molecule has 0 amide bonds. The van der Waals surface area contributed by atoms with Crippen LogP contribution in [0.4, 0.5) is 8.78 Å². The molecule has 0 aliphatic carbocycles. The number of hydrogen-bond acceptors (Lipinski definition) is 2. The van der Waals surface area contributed by atoms with Gasteiger partial charge in [0, 0.05) is 5.56 Å². The van der Waals surface area contributed by atoms with E-state index in [0.29, 0.717) is 11.3 Å². The van der Waals surface area contributed by atoms with E-state index in [2.05, 4.69) is 0 Å². The lowest BCUT2D eigenvalue weighted by Gasteiger charge is -2.31. The fraction of sp³-hybridized carbons (Fsp3) is 0.167. The number of benzene rings is 2. The highest BCUT2D eigenvalue weighted by molar-refractivity contribution is 5.92. The summed E-state index contributed by atoms with van der Waals surface area (Å²) in [6.07, 6.45) is 1.60. The van der Waals surface area contributed by atoms with Gasteiger partial charge in [0.15, 0.2) is 0 Å². The zero-order valence-electron chi connectivity index (χ0n) is 12.6. The van der Waals surface area contributed by atoms with Crippen molar-refractivity contribution in [3.05, 3.63) is 70.8 Å². The molecule has 3 nitrogen and oxygen atoms in total. The molecule has 2 aromatic carbocycles. The lowest BCUT2D eigenvalue weighted by molar-refractivity contribution is 0.0696. The molecule has 3 rings (SSSR count). The first-order valence-electron chi connectivity index (χ1n) is 7.02. The molecule has 118 valence electrons. The van der Waals surface area contributed by atoms with E-state index in [0.717, 1.165) is 0 Å². The second-order valence-electron chi connectivity index (χ2n) is 5.88. The van der Waals surface area contributed by atoms with Gasteiger partial charge in [-0.2, -0.15) is 0 Å². The van der Waals surface area contributed by atoms with Crippen LogP contribution in [0, 0.1) is 11.6 Å². The molecule has 1 aliphatic heterocycles. The second-order valence-corrected chi connectivity index (χ2v) is 5.88. The second kappa shape index (κ2) is 5.19. The van der Waals surface area contributed by atoms with Crippen LogP contribution in [0.5, 0.6) is 5.75 Å². The summed E-state index contributed by atoms with van der Waals surface area (Å²) in [6.45, 7) is 3.53. The Morgan fingerprint density at radius 1 is 1.13 bits per heavy atom. The molecule has 1 N–H and O–H groups in total. The first kappa shape index (κ1) is 15.2. The highest BCUT2D eigenvalue weighted by Gasteiger charge is 2.30. The lowest BCUT2D eigenvalue weighted by Crippen LogP contribution is -2.29. The summed E-state index contributed by atoms with van der Waals surface area (Å²) >= 11 is 0. The number of carboxylic acid groups (broad SMARTS) is 1. The first-order valence-corrected chi connectivity index (χ1v) is 7.02. The van der Waals surface area contributed by atoms with Crippen molar-refractivity contribution < 1.29 is 23.4 Å². The summed E-state index contributed by atoms with van der Waals surface area (Å²) in [6, 6.07) is 7.90. The first-order chi connectivity index (χ1) is 10.8. The number of hydrogen-bond donors (Lipinski definition) is 1. The van der Waals surface area contributed by atoms with Crippen LogP contribution >= 0.6 is 0 Å². The molecule has 0 aromatic heterocycles. The van der Waals surface area contributed by atoms with E-state index in [1.165, 1.54) is 36.4 Å². The molecule has 0 bridgehead atoms. The number of ether oxygens (including phenoxy) is 1. The van der Waals surface area contributed by atoms with Gasteiger partial charge in [0.05, 0.1) is 11.1 Å². The molecule has 0 radical (unpaired) electrons. The summed E-state index contributed by atoms with van der Waals surface area (Å²) in [5, 5.41) is 9.15. The van der Waals surface area contributed by atoms with Crippen molar-refractivity contribution in [3.8, 4) is 5.75 Å².